The molecule has 0 spiro atoms. The Balaban J connectivity index is 2.06. The summed E-state index contributed by atoms with van der Waals surface area (Å²) >= 11 is 0. The van der Waals surface area contributed by atoms with Crippen LogP contribution in [0.15, 0.2) is 24.3 Å². The summed E-state index contributed by atoms with van der Waals surface area (Å²) in [5, 5.41) is 0. The van der Waals surface area contributed by atoms with Crippen LogP contribution in [0.4, 0.5) is 4.39 Å². The molecule has 1 aliphatic rings. The molecule has 2 rings (SSSR count). The molecule has 2 unspecified atom stereocenters. The van der Waals surface area contributed by atoms with Gasteiger partial charge in [0.15, 0.2) is 0 Å². The minimum absolute atomic E-state index is 0.0967. The Morgan fingerprint density at radius 3 is 2.40 bits per heavy atom. The van der Waals surface area contributed by atoms with Crippen LogP contribution in [0.3, 0.4) is 0 Å². The maximum Gasteiger partial charge on any atom is 0.228 e. The van der Waals surface area contributed by atoms with Gasteiger partial charge in [0.05, 0.1) is 0 Å². The second-order valence-electron chi connectivity index (χ2n) is 6.61. The molecule has 20 heavy (non-hydrogen) atoms. The number of piperidine rings is 1. The van der Waals surface area contributed by atoms with Gasteiger partial charge in [-0.25, -0.2) is 4.39 Å². The van der Waals surface area contributed by atoms with Crippen LogP contribution in [-0.2, 0) is 4.79 Å². The fraction of sp³-hybridized carbons (Fsp3) is 0.562. The van der Waals surface area contributed by atoms with Crippen molar-refractivity contribution in [1.82, 2.24) is 4.90 Å². The van der Waals surface area contributed by atoms with Gasteiger partial charge in [-0.2, -0.15) is 0 Å². The molecule has 4 heteroatoms. The lowest BCUT2D eigenvalue weighted by Crippen LogP contribution is -2.52. The van der Waals surface area contributed by atoms with Crippen LogP contribution in [0, 0.1) is 11.2 Å². The van der Waals surface area contributed by atoms with Gasteiger partial charge in [-0.1, -0.05) is 32.9 Å². The Hall–Kier alpha value is -1.42. The quantitative estimate of drug-likeness (QED) is 0.858. The number of hydrogen-bond donors (Lipinski definition) is 1. The van der Waals surface area contributed by atoms with E-state index >= 15 is 0 Å². The first-order chi connectivity index (χ1) is 9.29. The van der Waals surface area contributed by atoms with Crippen molar-refractivity contribution in [3.63, 3.8) is 0 Å². The van der Waals surface area contributed by atoms with Crippen LogP contribution >= 0.6 is 0 Å². The topological polar surface area (TPSA) is 46.3 Å². The Labute approximate surface area is 120 Å². The number of nitrogens with two attached hydrogens (primary N) is 1. The lowest BCUT2D eigenvalue weighted by molar-refractivity contribution is -0.140. The molecule has 110 valence electrons. The first-order valence-corrected chi connectivity index (χ1v) is 7.09. The molecule has 1 saturated heterocycles. The number of halogens is 1. The molecule has 1 fully saturated rings. The fourth-order valence-corrected chi connectivity index (χ4v) is 2.76. The van der Waals surface area contributed by atoms with Crippen molar-refractivity contribution in [2.75, 3.05) is 13.1 Å². The average molecular weight is 278 g/mol. The third-order valence-electron chi connectivity index (χ3n) is 3.89. The predicted octanol–water partition coefficient (Wildman–Crippen LogP) is 2.52. The van der Waals surface area contributed by atoms with Crippen LogP contribution in [-0.4, -0.2) is 29.9 Å². The highest BCUT2D eigenvalue weighted by molar-refractivity contribution is 5.81. The number of hydrogen-bond acceptors (Lipinski definition) is 2. The van der Waals surface area contributed by atoms with Gasteiger partial charge in [-0.3, -0.25) is 4.79 Å². The van der Waals surface area contributed by atoms with Crippen molar-refractivity contribution < 1.29 is 9.18 Å². The van der Waals surface area contributed by atoms with Crippen LogP contribution in [0.5, 0.6) is 0 Å². The molecule has 1 amide bonds. The summed E-state index contributed by atoms with van der Waals surface area (Å²) in [6.07, 6.45) is 0.828. The third-order valence-corrected chi connectivity index (χ3v) is 3.89. The van der Waals surface area contributed by atoms with E-state index in [1.165, 1.54) is 12.1 Å². The molecular weight excluding hydrogens is 255 g/mol. The second kappa shape index (κ2) is 5.52. The van der Waals surface area contributed by atoms with Gasteiger partial charge in [0.25, 0.3) is 0 Å². The monoisotopic (exact) mass is 278 g/mol. The van der Waals surface area contributed by atoms with E-state index in [0.717, 1.165) is 12.0 Å². The maximum atomic E-state index is 13.0. The Bertz CT molecular complexity index is 478. The molecular formula is C16H23FN2O. The first kappa shape index (κ1) is 15.0. The first-order valence-electron chi connectivity index (χ1n) is 7.09. The van der Waals surface area contributed by atoms with E-state index in [1.807, 2.05) is 25.7 Å². The number of carbonyl (C=O) groups excluding carboxylic acids is 1. The number of benzene rings is 1. The second-order valence-corrected chi connectivity index (χ2v) is 6.61. The van der Waals surface area contributed by atoms with E-state index in [1.54, 1.807) is 12.1 Å². The van der Waals surface area contributed by atoms with E-state index < -0.39 is 0 Å². The number of nitrogens with zero attached hydrogens (tertiary/aromatic N) is 1. The zero-order chi connectivity index (χ0) is 14.9. The third kappa shape index (κ3) is 3.18. The van der Waals surface area contributed by atoms with E-state index in [9.17, 15) is 9.18 Å². The number of amides is 1. The lowest BCUT2D eigenvalue weighted by atomic mass is 9.84. The van der Waals surface area contributed by atoms with Crippen LogP contribution in [0.2, 0.25) is 0 Å². The summed E-state index contributed by atoms with van der Waals surface area (Å²) in [5.74, 6) is 0.104. The molecule has 0 aliphatic carbocycles. The summed E-state index contributed by atoms with van der Waals surface area (Å²) in [5.41, 5.74) is 6.92. The summed E-state index contributed by atoms with van der Waals surface area (Å²) in [4.78, 5) is 14.1. The van der Waals surface area contributed by atoms with E-state index in [-0.39, 0.29) is 29.1 Å². The van der Waals surface area contributed by atoms with Crippen molar-refractivity contribution in [2.45, 2.75) is 39.2 Å². The predicted molar refractivity (Wildman–Crippen MR) is 77.8 cm³/mol. The highest BCUT2D eigenvalue weighted by Gasteiger charge is 2.34. The SMILES string of the molecule is CC(C)(C)C(=O)N1CCC(c2ccc(F)cc2)C(N)C1. The highest BCUT2D eigenvalue weighted by atomic mass is 19.1. The average Bonchev–Trinajstić information content (AvgIpc) is 2.38. The van der Waals surface area contributed by atoms with Crippen LogP contribution in [0.1, 0.15) is 38.7 Å². The van der Waals surface area contributed by atoms with Gasteiger partial charge >= 0.3 is 0 Å². The van der Waals surface area contributed by atoms with Crippen molar-refractivity contribution in [3.8, 4) is 0 Å². The Kier molecular flexibility index (Phi) is 4.14. The zero-order valence-corrected chi connectivity index (χ0v) is 12.4. The van der Waals surface area contributed by atoms with Crippen LogP contribution in [0.25, 0.3) is 0 Å². The Morgan fingerprint density at radius 1 is 1.30 bits per heavy atom. The standard InChI is InChI=1S/C16H23FN2O/c1-16(2,3)15(20)19-9-8-13(14(18)10-19)11-4-6-12(17)7-5-11/h4-7,13-14H,8-10,18H2,1-3H3. The molecule has 1 aliphatic heterocycles. The molecule has 0 bridgehead atoms. The number of rotatable bonds is 1. The number of carbonyl (C=O) groups is 1. The largest absolute Gasteiger partial charge is 0.341 e. The molecule has 0 aromatic heterocycles. The molecule has 2 atom stereocenters. The zero-order valence-electron chi connectivity index (χ0n) is 12.4. The molecule has 1 heterocycles. The summed E-state index contributed by atoms with van der Waals surface area (Å²) < 4.78 is 13.0. The van der Waals surface area contributed by atoms with Crippen molar-refractivity contribution in [1.29, 1.82) is 0 Å². The number of likely N-dealkylation sites (tertiary alicyclic amines) is 1. The smallest absolute Gasteiger partial charge is 0.228 e. The van der Waals surface area contributed by atoms with Crippen LogP contribution < -0.4 is 5.73 Å². The van der Waals surface area contributed by atoms with Crippen molar-refractivity contribution >= 4 is 5.91 Å². The minimum atomic E-state index is -0.373. The molecule has 1 aromatic carbocycles. The van der Waals surface area contributed by atoms with E-state index in [2.05, 4.69) is 0 Å². The van der Waals surface area contributed by atoms with Crippen molar-refractivity contribution in [2.24, 2.45) is 11.1 Å². The van der Waals surface area contributed by atoms with Crippen molar-refractivity contribution in [3.05, 3.63) is 35.6 Å². The van der Waals surface area contributed by atoms with Gasteiger partial charge in [0.2, 0.25) is 5.91 Å². The lowest BCUT2D eigenvalue weighted by Gasteiger charge is -2.39. The molecule has 0 radical (unpaired) electrons. The normalized spacial score (nSPS) is 23.8. The van der Waals surface area contributed by atoms with Gasteiger partial charge in [-0.15, -0.1) is 0 Å². The maximum absolute atomic E-state index is 13.0. The highest BCUT2D eigenvalue weighted by Crippen LogP contribution is 2.29. The van der Waals surface area contributed by atoms with E-state index in [0.29, 0.717) is 13.1 Å². The van der Waals surface area contributed by atoms with Gasteiger partial charge in [-0.05, 0) is 24.1 Å². The van der Waals surface area contributed by atoms with Gasteiger partial charge in [0, 0.05) is 30.5 Å². The molecule has 2 N–H and O–H groups in total. The van der Waals surface area contributed by atoms with Gasteiger partial charge in [0.1, 0.15) is 5.82 Å². The Morgan fingerprint density at radius 2 is 1.90 bits per heavy atom. The molecule has 0 saturated carbocycles. The summed E-state index contributed by atoms with van der Waals surface area (Å²) in [6.45, 7) is 7.05. The minimum Gasteiger partial charge on any atom is -0.341 e. The summed E-state index contributed by atoms with van der Waals surface area (Å²) in [7, 11) is 0. The summed E-state index contributed by atoms with van der Waals surface area (Å²) in [6, 6.07) is 6.42. The fourth-order valence-electron chi connectivity index (χ4n) is 2.76. The van der Waals surface area contributed by atoms with Gasteiger partial charge < -0.3 is 10.6 Å². The molecule has 3 nitrogen and oxygen atoms in total. The molecule has 1 aromatic rings. The van der Waals surface area contributed by atoms with E-state index in [4.69, 9.17) is 5.73 Å².